The first-order chi connectivity index (χ1) is 8.60. The summed E-state index contributed by atoms with van der Waals surface area (Å²) in [6.07, 6.45) is 4.39. The van der Waals surface area contributed by atoms with Crippen LogP contribution in [0.3, 0.4) is 0 Å². The SMILES string of the molecule is CNC1(C#N)CCCC(N2CCN(C)CC2C)C1. The van der Waals surface area contributed by atoms with Crippen LogP contribution < -0.4 is 5.32 Å². The monoisotopic (exact) mass is 250 g/mol. The van der Waals surface area contributed by atoms with Gasteiger partial charge in [-0.2, -0.15) is 5.26 Å². The van der Waals surface area contributed by atoms with Crippen molar-refractivity contribution in [1.29, 1.82) is 5.26 Å². The predicted octanol–water partition coefficient (Wildman–Crippen LogP) is 1.05. The molecule has 2 fully saturated rings. The molecule has 0 aromatic carbocycles. The van der Waals surface area contributed by atoms with E-state index < -0.39 is 0 Å². The van der Waals surface area contributed by atoms with Gasteiger partial charge in [0.05, 0.1) is 6.07 Å². The van der Waals surface area contributed by atoms with Gasteiger partial charge in [0, 0.05) is 31.7 Å². The average Bonchev–Trinajstić information content (AvgIpc) is 2.38. The van der Waals surface area contributed by atoms with E-state index in [0.29, 0.717) is 12.1 Å². The number of piperazine rings is 1. The molecule has 4 heteroatoms. The summed E-state index contributed by atoms with van der Waals surface area (Å²) in [5.74, 6) is 0. The number of rotatable bonds is 2. The van der Waals surface area contributed by atoms with Crippen LogP contribution in [0, 0.1) is 11.3 Å². The van der Waals surface area contributed by atoms with Crippen molar-refractivity contribution < 1.29 is 0 Å². The van der Waals surface area contributed by atoms with Crippen molar-refractivity contribution in [2.24, 2.45) is 0 Å². The van der Waals surface area contributed by atoms with Gasteiger partial charge in [0.15, 0.2) is 0 Å². The molecule has 3 atom stereocenters. The molecule has 1 saturated heterocycles. The lowest BCUT2D eigenvalue weighted by Gasteiger charge is -2.47. The summed E-state index contributed by atoms with van der Waals surface area (Å²) in [7, 11) is 4.13. The summed E-state index contributed by atoms with van der Waals surface area (Å²) in [6.45, 7) is 5.76. The van der Waals surface area contributed by atoms with Crippen LogP contribution in [0.5, 0.6) is 0 Å². The predicted molar refractivity (Wildman–Crippen MR) is 73.3 cm³/mol. The standard InChI is InChI=1S/C14H26N4/c1-12-10-17(3)7-8-18(12)13-5-4-6-14(9-13,11-15)16-2/h12-13,16H,4-10H2,1-3H3. The Kier molecular flexibility index (Phi) is 4.26. The van der Waals surface area contributed by atoms with Gasteiger partial charge in [-0.15, -0.1) is 0 Å². The Bertz CT molecular complexity index is 324. The van der Waals surface area contributed by atoms with Crippen molar-refractivity contribution >= 4 is 0 Å². The van der Waals surface area contributed by atoms with Gasteiger partial charge in [0.2, 0.25) is 0 Å². The lowest BCUT2D eigenvalue weighted by atomic mass is 9.79. The summed E-state index contributed by atoms with van der Waals surface area (Å²) in [5, 5.41) is 12.7. The van der Waals surface area contributed by atoms with Crippen LogP contribution in [0.25, 0.3) is 0 Å². The van der Waals surface area contributed by atoms with Crippen molar-refractivity contribution in [3.63, 3.8) is 0 Å². The van der Waals surface area contributed by atoms with Gasteiger partial charge >= 0.3 is 0 Å². The number of likely N-dealkylation sites (N-methyl/N-ethyl adjacent to an activating group) is 1. The first-order valence-corrected chi connectivity index (χ1v) is 7.15. The third kappa shape index (κ3) is 2.69. The number of hydrogen-bond donors (Lipinski definition) is 1. The molecule has 0 spiro atoms. The van der Waals surface area contributed by atoms with Gasteiger partial charge in [0.25, 0.3) is 0 Å². The molecule has 2 rings (SSSR count). The van der Waals surface area contributed by atoms with Crippen LogP contribution >= 0.6 is 0 Å². The first-order valence-electron chi connectivity index (χ1n) is 7.15. The van der Waals surface area contributed by atoms with E-state index in [-0.39, 0.29) is 5.54 Å². The van der Waals surface area contributed by atoms with Crippen molar-refractivity contribution in [2.75, 3.05) is 33.7 Å². The minimum Gasteiger partial charge on any atom is -0.304 e. The lowest BCUT2D eigenvalue weighted by Crippen LogP contribution is -2.58. The number of nitriles is 1. The van der Waals surface area contributed by atoms with E-state index in [0.717, 1.165) is 38.9 Å². The highest BCUT2D eigenvalue weighted by Gasteiger charge is 2.39. The molecule has 0 radical (unpaired) electrons. The van der Waals surface area contributed by atoms with E-state index in [9.17, 15) is 5.26 Å². The van der Waals surface area contributed by atoms with E-state index >= 15 is 0 Å². The normalized spacial score (nSPS) is 39.4. The van der Waals surface area contributed by atoms with Crippen LogP contribution in [-0.4, -0.2) is 61.2 Å². The highest BCUT2D eigenvalue weighted by Crippen LogP contribution is 2.32. The molecule has 1 saturated carbocycles. The van der Waals surface area contributed by atoms with Gasteiger partial charge in [-0.3, -0.25) is 4.90 Å². The van der Waals surface area contributed by atoms with Gasteiger partial charge in [-0.05, 0) is 46.7 Å². The van der Waals surface area contributed by atoms with Crippen LogP contribution in [0.1, 0.15) is 32.6 Å². The van der Waals surface area contributed by atoms with Crippen LogP contribution in [0.4, 0.5) is 0 Å². The third-order valence-corrected chi connectivity index (χ3v) is 4.77. The maximum absolute atomic E-state index is 9.43. The molecule has 1 aliphatic heterocycles. The molecule has 0 aromatic rings. The highest BCUT2D eigenvalue weighted by molar-refractivity contribution is 5.11. The van der Waals surface area contributed by atoms with Gasteiger partial charge in [-0.25, -0.2) is 0 Å². The maximum Gasteiger partial charge on any atom is 0.108 e. The molecule has 1 N–H and O–H groups in total. The highest BCUT2D eigenvalue weighted by atomic mass is 15.3. The summed E-state index contributed by atoms with van der Waals surface area (Å²) in [4.78, 5) is 5.03. The fourth-order valence-corrected chi connectivity index (χ4v) is 3.61. The van der Waals surface area contributed by atoms with Gasteiger partial charge in [-0.1, -0.05) is 0 Å². The first kappa shape index (κ1) is 13.8. The van der Waals surface area contributed by atoms with Gasteiger partial charge in [0.1, 0.15) is 5.54 Å². The Morgan fingerprint density at radius 3 is 2.78 bits per heavy atom. The largest absolute Gasteiger partial charge is 0.304 e. The van der Waals surface area contributed by atoms with Crippen molar-refractivity contribution in [3.8, 4) is 6.07 Å². The fraction of sp³-hybridized carbons (Fsp3) is 0.929. The molecule has 0 amide bonds. The molecule has 3 unspecified atom stereocenters. The second kappa shape index (κ2) is 5.56. The van der Waals surface area contributed by atoms with E-state index in [2.05, 4.69) is 35.2 Å². The van der Waals surface area contributed by atoms with E-state index in [1.807, 2.05) is 7.05 Å². The Hall–Kier alpha value is -0.630. The second-order valence-corrected chi connectivity index (χ2v) is 6.04. The van der Waals surface area contributed by atoms with E-state index in [1.165, 1.54) is 6.42 Å². The van der Waals surface area contributed by atoms with Gasteiger partial charge < -0.3 is 10.2 Å². The molecular weight excluding hydrogens is 224 g/mol. The molecule has 0 aromatic heterocycles. The van der Waals surface area contributed by atoms with E-state index in [1.54, 1.807) is 0 Å². The lowest BCUT2D eigenvalue weighted by molar-refractivity contribution is 0.0331. The number of nitrogens with zero attached hydrogens (tertiary/aromatic N) is 3. The van der Waals surface area contributed by atoms with Crippen molar-refractivity contribution in [1.82, 2.24) is 15.1 Å². The Labute approximate surface area is 111 Å². The zero-order valence-electron chi connectivity index (χ0n) is 11.9. The summed E-state index contributed by atoms with van der Waals surface area (Å²) in [5.41, 5.74) is -0.286. The zero-order valence-corrected chi connectivity index (χ0v) is 11.9. The van der Waals surface area contributed by atoms with Crippen LogP contribution in [-0.2, 0) is 0 Å². The molecular formula is C14H26N4. The molecule has 4 nitrogen and oxygen atoms in total. The maximum atomic E-state index is 9.43. The summed E-state index contributed by atoms with van der Waals surface area (Å²) >= 11 is 0. The summed E-state index contributed by atoms with van der Waals surface area (Å²) in [6, 6.07) is 3.70. The van der Waals surface area contributed by atoms with Crippen LogP contribution in [0.2, 0.25) is 0 Å². The molecule has 0 bridgehead atoms. The third-order valence-electron chi connectivity index (χ3n) is 4.77. The van der Waals surface area contributed by atoms with Crippen molar-refractivity contribution in [3.05, 3.63) is 0 Å². The Morgan fingerprint density at radius 1 is 1.39 bits per heavy atom. The fourth-order valence-electron chi connectivity index (χ4n) is 3.61. The topological polar surface area (TPSA) is 42.3 Å². The minimum absolute atomic E-state index is 0.286. The zero-order chi connectivity index (χ0) is 13.2. The summed E-state index contributed by atoms with van der Waals surface area (Å²) < 4.78 is 0. The Balaban J connectivity index is 2.03. The number of hydrogen-bond acceptors (Lipinski definition) is 4. The van der Waals surface area contributed by atoms with Crippen molar-refractivity contribution in [2.45, 2.75) is 50.2 Å². The number of nitrogens with one attached hydrogen (secondary N) is 1. The average molecular weight is 250 g/mol. The molecule has 1 aliphatic carbocycles. The molecule has 1 heterocycles. The van der Waals surface area contributed by atoms with E-state index in [4.69, 9.17) is 0 Å². The minimum atomic E-state index is -0.286. The second-order valence-electron chi connectivity index (χ2n) is 6.04. The quantitative estimate of drug-likeness (QED) is 0.795. The van der Waals surface area contributed by atoms with Crippen LogP contribution in [0.15, 0.2) is 0 Å². The smallest absolute Gasteiger partial charge is 0.108 e. The molecule has 2 aliphatic rings. The molecule has 102 valence electrons. The Morgan fingerprint density at radius 2 is 2.17 bits per heavy atom. The molecule has 18 heavy (non-hydrogen) atoms.